The highest BCUT2D eigenvalue weighted by Gasteiger charge is 2.06. The number of carbonyl (C=O) groups excluding carboxylic acids is 1. The summed E-state index contributed by atoms with van der Waals surface area (Å²) in [5.74, 6) is 0.0743. The Morgan fingerprint density at radius 2 is 2.00 bits per heavy atom. The minimum absolute atomic E-state index is 0.0743. The van der Waals surface area contributed by atoms with Crippen molar-refractivity contribution in [1.29, 1.82) is 0 Å². The molecule has 0 aliphatic carbocycles. The van der Waals surface area contributed by atoms with E-state index in [9.17, 15) is 4.79 Å². The smallest absolute Gasteiger partial charge is 0.221 e. The molecule has 0 spiro atoms. The molecule has 0 fully saturated rings. The summed E-state index contributed by atoms with van der Waals surface area (Å²) in [6.45, 7) is 7.40. The van der Waals surface area contributed by atoms with Gasteiger partial charge < -0.3 is 10.6 Å². The van der Waals surface area contributed by atoms with Crippen LogP contribution >= 0.6 is 11.6 Å². The second-order valence-corrected chi connectivity index (χ2v) is 4.87. The van der Waals surface area contributed by atoms with E-state index in [4.69, 9.17) is 11.6 Å². The molecule has 0 heterocycles. The van der Waals surface area contributed by atoms with E-state index in [1.54, 1.807) is 0 Å². The Morgan fingerprint density at radius 1 is 1.28 bits per heavy atom. The van der Waals surface area contributed by atoms with Crippen LogP contribution in [0.2, 0.25) is 5.02 Å². The van der Waals surface area contributed by atoms with Crippen molar-refractivity contribution in [3.05, 3.63) is 28.3 Å². The van der Waals surface area contributed by atoms with Crippen LogP contribution in [0.15, 0.2) is 12.1 Å². The molecule has 0 saturated heterocycles. The molecule has 0 unspecified atom stereocenters. The second kappa shape index (κ2) is 7.27. The molecule has 1 aromatic rings. The molecule has 0 aromatic heterocycles. The zero-order valence-corrected chi connectivity index (χ0v) is 12.0. The monoisotopic (exact) mass is 268 g/mol. The summed E-state index contributed by atoms with van der Waals surface area (Å²) in [6, 6.07) is 4.00. The number of halogens is 1. The zero-order chi connectivity index (χ0) is 13.5. The van der Waals surface area contributed by atoms with E-state index in [1.165, 1.54) is 0 Å². The lowest BCUT2D eigenvalue weighted by Gasteiger charge is -2.12. The third-order valence-electron chi connectivity index (χ3n) is 2.66. The average molecular weight is 269 g/mol. The Bertz CT molecular complexity index is 395. The number of rotatable bonds is 6. The van der Waals surface area contributed by atoms with Crippen molar-refractivity contribution in [2.24, 2.45) is 0 Å². The third-order valence-corrected chi connectivity index (χ3v) is 2.96. The minimum atomic E-state index is 0.0743. The van der Waals surface area contributed by atoms with Gasteiger partial charge in [-0.25, -0.2) is 0 Å². The van der Waals surface area contributed by atoms with Crippen LogP contribution in [0.25, 0.3) is 0 Å². The maximum absolute atomic E-state index is 11.4. The molecule has 0 radical (unpaired) electrons. The van der Waals surface area contributed by atoms with E-state index in [1.807, 2.05) is 26.8 Å². The minimum Gasteiger partial charge on any atom is -0.383 e. The lowest BCUT2D eigenvalue weighted by Crippen LogP contribution is -2.26. The molecule has 0 aliphatic heterocycles. The van der Waals surface area contributed by atoms with E-state index < -0.39 is 0 Å². The van der Waals surface area contributed by atoms with E-state index >= 15 is 0 Å². The second-order valence-electron chi connectivity index (χ2n) is 4.47. The van der Waals surface area contributed by atoms with Crippen molar-refractivity contribution in [3.8, 4) is 0 Å². The van der Waals surface area contributed by atoms with Gasteiger partial charge in [-0.3, -0.25) is 4.79 Å². The van der Waals surface area contributed by atoms with Gasteiger partial charge >= 0.3 is 0 Å². The molecule has 0 aliphatic rings. The van der Waals surface area contributed by atoms with Gasteiger partial charge in [0, 0.05) is 19.5 Å². The van der Waals surface area contributed by atoms with Gasteiger partial charge in [0.15, 0.2) is 0 Å². The number of aryl methyl sites for hydroxylation is 2. The quantitative estimate of drug-likeness (QED) is 0.831. The lowest BCUT2D eigenvalue weighted by atomic mass is 10.1. The molecule has 0 atom stereocenters. The predicted molar refractivity (Wildman–Crippen MR) is 77.3 cm³/mol. The first-order chi connectivity index (χ1) is 8.54. The van der Waals surface area contributed by atoms with Gasteiger partial charge in [0.05, 0.1) is 10.7 Å². The Labute approximate surface area is 114 Å². The van der Waals surface area contributed by atoms with Crippen LogP contribution < -0.4 is 10.6 Å². The number of hydrogen-bond acceptors (Lipinski definition) is 2. The topological polar surface area (TPSA) is 41.1 Å². The zero-order valence-electron chi connectivity index (χ0n) is 11.3. The molecule has 4 heteroatoms. The molecule has 100 valence electrons. The maximum Gasteiger partial charge on any atom is 0.221 e. The first kappa shape index (κ1) is 14.8. The average Bonchev–Trinajstić information content (AvgIpc) is 2.29. The summed E-state index contributed by atoms with van der Waals surface area (Å²) in [5.41, 5.74) is 3.17. The summed E-state index contributed by atoms with van der Waals surface area (Å²) in [6.07, 6.45) is 1.42. The van der Waals surface area contributed by atoms with Gasteiger partial charge in [-0.05, 0) is 37.5 Å². The SMILES string of the molecule is CCCNC(=O)CCNc1c(C)cc(C)cc1Cl. The van der Waals surface area contributed by atoms with Gasteiger partial charge in [0.1, 0.15) is 0 Å². The van der Waals surface area contributed by atoms with Gasteiger partial charge in [0.25, 0.3) is 0 Å². The number of benzene rings is 1. The highest BCUT2D eigenvalue weighted by atomic mass is 35.5. The van der Waals surface area contributed by atoms with E-state index in [0.717, 1.165) is 29.8 Å². The molecule has 0 saturated carbocycles. The van der Waals surface area contributed by atoms with Gasteiger partial charge in [-0.1, -0.05) is 24.6 Å². The lowest BCUT2D eigenvalue weighted by molar-refractivity contribution is -0.120. The van der Waals surface area contributed by atoms with Crippen molar-refractivity contribution in [2.45, 2.75) is 33.6 Å². The Hall–Kier alpha value is -1.22. The van der Waals surface area contributed by atoms with Gasteiger partial charge in [0.2, 0.25) is 5.91 Å². The van der Waals surface area contributed by atoms with E-state index in [2.05, 4.69) is 16.7 Å². The van der Waals surface area contributed by atoms with Gasteiger partial charge in [-0.2, -0.15) is 0 Å². The summed E-state index contributed by atoms with van der Waals surface area (Å²) in [4.78, 5) is 11.4. The molecule has 1 aromatic carbocycles. The highest BCUT2D eigenvalue weighted by Crippen LogP contribution is 2.27. The normalized spacial score (nSPS) is 10.2. The summed E-state index contributed by atoms with van der Waals surface area (Å²) in [7, 11) is 0. The fourth-order valence-corrected chi connectivity index (χ4v) is 2.18. The number of nitrogens with one attached hydrogen (secondary N) is 2. The molecule has 0 bridgehead atoms. The van der Waals surface area contributed by atoms with Crippen molar-refractivity contribution >= 4 is 23.2 Å². The van der Waals surface area contributed by atoms with Crippen LogP contribution in [0.5, 0.6) is 0 Å². The molecule has 3 nitrogen and oxygen atoms in total. The summed E-state index contributed by atoms with van der Waals surface area (Å²) >= 11 is 6.17. The molecular weight excluding hydrogens is 248 g/mol. The van der Waals surface area contributed by atoms with Crippen LogP contribution in [0, 0.1) is 13.8 Å². The fraction of sp³-hybridized carbons (Fsp3) is 0.500. The van der Waals surface area contributed by atoms with Crippen LogP contribution in [-0.2, 0) is 4.79 Å². The van der Waals surface area contributed by atoms with Crippen molar-refractivity contribution in [3.63, 3.8) is 0 Å². The predicted octanol–water partition coefficient (Wildman–Crippen LogP) is 3.29. The third kappa shape index (κ3) is 4.57. The molecule has 2 N–H and O–H groups in total. The number of hydrogen-bond donors (Lipinski definition) is 2. The van der Waals surface area contributed by atoms with E-state index in [-0.39, 0.29) is 5.91 Å². The standard InChI is InChI=1S/C14H21ClN2O/c1-4-6-16-13(18)5-7-17-14-11(3)8-10(2)9-12(14)15/h8-9,17H,4-7H2,1-3H3,(H,16,18). The first-order valence-electron chi connectivity index (χ1n) is 6.32. The summed E-state index contributed by atoms with van der Waals surface area (Å²) < 4.78 is 0. The number of anilines is 1. The van der Waals surface area contributed by atoms with Crippen molar-refractivity contribution in [1.82, 2.24) is 5.32 Å². The van der Waals surface area contributed by atoms with Crippen LogP contribution in [0.3, 0.4) is 0 Å². The van der Waals surface area contributed by atoms with Gasteiger partial charge in [-0.15, -0.1) is 0 Å². The first-order valence-corrected chi connectivity index (χ1v) is 6.69. The summed E-state index contributed by atoms with van der Waals surface area (Å²) in [5, 5.41) is 6.78. The van der Waals surface area contributed by atoms with Crippen LogP contribution in [0.1, 0.15) is 30.9 Å². The molecular formula is C14H21ClN2O. The highest BCUT2D eigenvalue weighted by molar-refractivity contribution is 6.33. The largest absolute Gasteiger partial charge is 0.383 e. The Morgan fingerprint density at radius 3 is 2.61 bits per heavy atom. The maximum atomic E-state index is 11.4. The molecule has 18 heavy (non-hydrogen) atoms. The fourth-order valence-electron chi connectivity index (χ4n) is 1.79. The Kier molecular flexibility index (Phi) is 5.99. The van der Waals surface area contributed by atoms with Crippen LogP contribution in [0.4, 0.5) is 5.69 Å². The van der Waals surface area contributed by atoms with E-state index in [0.29, 0.717) is 18.0 Å². The number of amides is 1. The Balaban J connectivity index is 2.47. The molecule has 1 rings (SSSR count). The van der Waals surface area contributed by atoms with Crippen molar-refractivity contribution in [2.75, 3.05) is 18.4 Å². The molecule has 1 amide bonds. The van der Waals surface area contributed by atoms with Crippen molar-refractivity contribution < 1.29 is 4.79 Å². The number of carbonyl (C=O) groups is 1. The van der Waals surface area contributed by atoms with Crippen LogP contribution in [-0.4, -0.2) is 19.0 Å².